The van der Waals surface area contributed by atoms with Crippen molar-refractivity contribution < 1.29 is 72.1 Å². The van der Waals surface area contributed by atoms with E-state index >= 15 is 0 Å². The molecule has 0 rings (SSSR count). The minimum absolute atomic E-state index is 0. The molecule has 8 heavy (non-hydrogen) atoms. The van der Waals surface area contributed by atoms with Crippen LogP contribution in [-0.4, -0.2) is 18.1 Å². The van der Waals surface area contributed by atoms with Crippen molar-refractivity contribution in [3.8, 4) is 0 Å². The van der Waals surface area contributed by atoms with Gasteiger partial charge in [0.15, 0.2) is 0 Å². The normalized spacial score (nSPS) is 8.75. The minimum Gasteiger partial charge on any atom is -0.747 e. The zero-order valence-corrected chi connectivity index (χ0v) is 10.5. The first-order chi connectivity index (χ1) is 2.56. The topological polar surface area (TPSA) is 57.2 Å². The van der Waals surface area contributed by atoms with Gasteiger partial charge >= 0.3 is 59.1 Å². The Hall–Kier alpha value is 2.26. The number of hydrogen-bond donors (Lipinski definition) is 1. The van der Waals surface area contributed by atoms with E-state index in [1.165, 1.54) is 0 Å². The number of hydrogen-bond acceptors (Lipinski definition) is 4. The molecule has 0 saturated carbocycles. The van der Waals surface area contributed by atoms with E-state index in [4.69, 9.17) is 0 Å². The van der Waals surface area contributed by atoms with Crippen molar-refractivity contribution in [2.75, 3.05) is 5.08 Å². The van der Waals surface area contributed by atoms with Crippen molar-refractivity contribution in [3.05, 3.63) is 0 Å². The second-order valence-corrected chi connectivity index (χ2v) is 2.83. The van der Waals surface area contributed by atoms with Crippen molar-refractivity contribution in [1.29, 1.82) is 0 Å². The van der Waals surface area contributed by atoms with Gasteiger partial charge in [-0.05, 0) is 0 Å². The molecule has 0 amide bonds. The van der Waals surface area contributed by atoms with Gasteiger partial charge in [-0.15, -0.1) is 0 Å². The van der Waals surface area contributed by atoms with E-state index in [0.717, 1.165) is 0 Å². The van der Waals surface area contributed by atoms with Crippen molar-refractivity contribution in [2.24, 2.45) is 0 Å². The van der Waals surface area contributed by atoms with Crippen LogP contribution in [0.5, 0.6) is 0 Å². The molecule has 0 aromatic rings. The summed E-state index contributed by atoms with van der Waals surface area (Å²) >= 11 is 3.20. The van der Waals surface area contributed by atoms with Gasteiger partial charge in [0.25, 0.3) is 0 Å². The van der Waals surface area contributed by atoms with E-state index in [1.54, 1.807) is 0 Å². The molecular weight excluding hydrogens is 170 g/mol. The number of rotatable bonds is 1. The maximum atomic E-state index is 9.37. The van der Waals surface area contributed by atoms with E-state index in [-0.39, 0.29) is 59.1 Å². The summed E-state index contributed by atoms with van der Waals surface area (Å²) in [6, 6.07) is 0. The van der Waals surface area contributed by atoms with Crippen LogP contribution in [0.1, 0.15) is 0 Å². The van der Waals surface area contributed by atoms with Crippen LogP contribution in [0, 0.1) is 0 Å². The Morgan fingerprint density at radius 3 is 1.50 bits per heavy atom. The van der Waals surface area contributed by atoms with Crippen LogP contribution in [0.4, 0.5) is 0 Å². The fourth-order valence-electron chi connectivity index (χ4n) is 0. The standard InChI is InChI=1S/CH4O3S2.2Na/c2-6(3,4)1-5;;/h5H,1H2,(H,2,3,4);;/q;2*+1/p-1. The first-order valence-corrected chi connectivity index (χ1v) is 3.31. The molecule has 0 bridgehead atoms. The van der Waals surface area contributed by atoms with Gasteiger partial charge in [0, 0.05) is 0 Å². The molecule has 0 aliphatic rings. The smallest absolute Gasteiger partial charge is 0.747 e. The van der Waals surface area contributed by atoms with Crippen LogP contribution in [0.25, 0.3) is 0 Å². The second-order valence-electron chi connectivity index (χ2n) is 0.687. The molecule has 0 unspecified atom stereocenters. The molecule has 0 saturated heterocycles. The largest absolute Gasteiger partial charge is 1.00 e. The molecule has 0 aromatic carbocycles. The van der Waals surface area contributed by atoms with Gasteiger partial charge in [-0.3, -0.25) is 0 Å². The molecule has 0 aliphatic carbocycles. The zero-order chi connectivity index (χ0) is 5.21. The van der Waals surface area contributed by atoms with Crippen molar-refractivity contribution in [1.82, 2.24) is 0 Å². The van der Waals surface area contributed by atoms with Crippen LogP contribution in [0.2, 0.25) is 0 Å². The van der Waals surface area contributed by atoms with Gasteiger partial charge in [0.05, 0.1) is 5.08 Å². The molecule has 0 aliphatic heterocycles. The molecular formula is CH3Na2O3S2+. The molecule has 0 spiro atoms. The fraction of sp³-hybridized carbons (Fsp3) is 1.00. The van der Waals surface area contributed by atoms with E-state index in [0.29, 0.717) is 0 Å². The van der Waals surface area contributed by atoms with Crippen LogP contribution < -0.4 is 59.1 Å². The summed E-state index contributed by atoms with van der Waals surface area (Å²) in [7, 11) is -4.05. The van der Waals surface area contributed by atoms with Gasteiger partial charge < -0.3 is 4.55 Å². The van der Waals surface area contributed by atoms with E-state index in [2.05, 4.69) is 12.6 Å². The molecule has 0 aromatic heterocycles. The summed E-state index contributed by atoms with van der Waals surface area (Å²) in [5.41, 5.74) is 0. The van der Waals surface area contributed by atoms with Crippen LogP contribution >= 0.6 is 12.6 Å². The van der Waals surface area contributed by atoms with Crippen molar-refractivity contribution >= 4 is 22.7 Å². The molecule has 0 heterocycles. The predicted octanol–water partition coefficient (Wildman–Crippen LogP) is -6.57. The summed E-state index contributed by atoms with van der Waals surface area (Å²) in [6.07, 6.45) is 0. The average molecular weight is 173 g/mol. The minimum atomic E-state index is -4.05. The van der Waals surface area contributed by atoms with Gasteiger partial charge in [0.1, 0.15) is 10.1 Å². The summed E-state index contributed by atoms with van der Waals surface area (Å²) in [5.74, 6) is 0. The van der Waals surface area contributed by atoms with Crippen molar-refractivity contribution in [2.45, 2.75) is 0 Å². The van der Waals surface area contributed by atoms with Gasteiger partial charge in [-0.2, -0.15) is 12.6 Å². The monoisotopic (exact) mass is 173 g/mol. The molecule has 3 nitrogen and oxygen atoms in total. The van der Waals surface area contributed by atoms with E-state index < -0.39 is 15.2 Å². The predicted molar refractivity (Wildman–Crippen MR) is 23.6 cm³/mol. The molecule has 7 heteroatoms. The van der Waals surface area contributed by atoms with Crippen LogP contribution in [-0.2, 0) is 10.1 Å². The maximum Gasteiger partial charge on any atom is 1.00 e. The number of thiol groups is 1. The Labute approximate surface area is 98.3 Å². The first kappa shape index (κ1) is 16.7. The molecule has 0 atom stereocenters. The summed E-state index contributed by atoms with van der Waals surface area (Å²) in [4.78, 5) is 0. The van der Waals surface area contributed by atoms with Crippen LogP contribution in [0.15, 0.2) is 0 Å². The Balaban J connectivity index is -0.000000125. The Morgan fingerprint density at radius 1 is 1.38 bits per heavy atom. The van der Waals surface area contributed by atoms with Gasteiger partial charge in [-0.1, -0.05) is 0 Å². The third-order valence-electron chi connectivity index (χ3n) is 0.158. The maximum absolute atomic E-state index is 9.37. The van der Waals surface area contributed by atoms with E-state index in [9.17, 15) is 13.0 Å². The van der Waals surface area contributed by atoms with Crippen LogP contribution in [0.3, 0.4) is 0 Å². The van der Waals surface area contributed by atoms with Gasteiger partial charge in [0.2, 0.25) is 0 Å². The fourth-order valence-corrected chi connectivity index (χ4v) is 0. The molecule has 0 fully saturated rings. The third-order valence-corrected chi connectivity index (χ3v) is 1.42. The van der Waals surface area contributed by atoms with E-state index in [1.807, 2.05) is 0 Å². The van der Waals surface area contributed by atoms with Crippen molar-refractivity contribution in [3.63, 3.8) is 0 Å². The SMILES string of the molecule is O=S(=O)([O-])CS.[Na+].[Na+]. The second kappa shape index (κ2) is 7.37. The third kappa shape index (κ3) is 15.7. The quantitative estimate of drug-likeness (QED) is 0.244. The molecule has 0 radical (unpaired) electrons. The average Bonchev–Trinajstić information content (AvgIpc) is 1.35. The molecule has 38 valence electrons. The molecule has 0 N–H and O–H groups in total. The zero-order valence-electron chi connectivity index (χ0n) is 4.79. The summed E-state index contributed by atoms with van der Waals surface area (Å²) in [5, 5.41) is -0.618. The first-order valence-electron chi connectivity index (χ1n) is 1.10. The Kier molecular flexibility index (Phi) is 15.4. The van der Waals surface area contributed by atoms with Gasteiger partial charge in [-0.25, -0.2) is 8.42 Å². The summed E-state index contributed by atoms with van der Waals surface area (Å²) in [6.45, 7) is 0. The Morgan fingerprint density at radius 2 is 1.50 bits per heavy atom. The summed E-state index contributed by atoms with van der Waals surface area (Å²) < 4.78 is 28.1. The Bertz CT molecular complexity index is 117.